The third-order valence-electron chi connectivity index (χ3n) is 6.19. The molecular weight excluding hydrogens is 448 g/mol. The van der Waals surface area contributed by atoms with E-state index >= 15 is 0 Å². The van der Waals surface area contributed by atoms with Gasteiger partial charge in [0.05, 0.1) is 10.5 Å². The van der Waals surface area contributed by atoms with E-state index in [0.717, 1.165) is 40.7 Å². The van der Waals surface area contributed by atoms with E-state index in [-0.39, 0.29) is 10.9 Å². The van der Waals surface area contributed by atoms with Crippen LogP contribution in [0.15, 0.2) is 66.0 Å². The van der Waals surface area contributed by atoms with Crippen LogP contribution in [0.1, 0.15) is 24.0 Å². The fraction of sp³-hybridized carbons (Fsp3) is 0.240. The van der Waals surface area contributed by atoms with Gasteiger partial charge in [-0.25, -0.2) is 18.4 Å². The van der Waals surface area contributed by atoms with E-state index in [2.05, 4.69) is 26.3 Å². The molecule has 0 aliphatic carbocycles. The van der Waals surface area contributed by atoms with Crippen LogP contribution in [0.25, 0.3) is 22.2 Å². The molecule has 0 saturated carbocycles. The predicted octanol–water partition coefficient (Wildman–Crippen LogP) is 4.07. The number of nitriles is 1. The summed E-state index contributed by atoms with van der Waals surface area (Å²) in [5.74, 6) is 0.816. The number of sulfonamides is 1. The van der Waals surface area contributed by atoms with Crippen LogP contribution >= 0.6 is 0 Å². The molecule has 1 aliphatic heterocycles. The number of aryl methyl sites for hydroxylation is 1. The van der Waals surface area contributed by atoms with Crippen molar-refractivity contribution in [2.24, 2.45) is 0 Å². The highest BCUT2D eigenvalue weighted by Gasteiger charge is 2.29. The Hall–Kier alpha value is -3.74. The van der Waals surface area contributed by atoms with Gasteiger partial charge >= 0.3 is 0 Å². The Kier molecular flexibility index (Phi) is 5.77. The molecule has 5 rings (SSSR count). The van der Waals surface area contributed by atoms with E-state index in [1.54, 1.807) is 41.0 Å². The van der Waals surface area contributed by atoms with Crippen molar-refractivity contribution < 1.29 is 8.42 Å². The number of aromatic amines is 1. The largest absolute Gasteiger partial charge is 0.367 e. The van der Waals surface area contributed by atoms with Crippen LogP contribution in [0.2, 0.25) is 0 Å². The molecule has 1 saturated heterocycles. The maximum Gasteiger partial charge on any atom is 0.243 e. The number of fused-ring (bicyclic) bond motifs is 1. The van der Waals surface area contributed by atoms with Crippen LogP contribution in [0, 0.1) is 18.3 Å². The molecule has 1 aliphatic rings. The molecule has 1 fully saturated rings. The minimum absolute atomic E-state index is 0.193. The number of aromatic nitrogens is 3. The minimum atomic E-state index is -3.57. The van der Waals surface area contributed by atoms with E-state index < -0.39 is 10.0 Å². The van der Waals surface area contributed by atoms with Crippen LogP contribution < -0.4 is 5.32 Å². The molecule has 3 aromatic heterocycles. The van der Waals surface area contributed by atoms with Crippen molar-refractivity contribution in [1.29, 1.82) is 5.26 Å². The maximum absolute atomic E-state index is 13.2. The van der Waals surface area contributed by atoms with Gasteiger partial charge in [0, 0.05) is 48.7 Å². The Morgan fingerprint density at radius 2 is 1.82 bits per heavy atom. The van der Waals surface area contributed by atoms with Gasteiger partial charge in [0.1, 0.15) is 17.5 Å². The lowest BCUT2D eigenvalue weighted by atomic mass is 10.1. The zero-order valence-corrected chi connectivity index (χ0v) is 19.5. The van der Waals surface area contributed by atoms with Crippen molar-refractivity contribution in [2.75, 3.05) is 18.4 Å². The van der Waals surface area contributed by atoms with E-state index in [1.165, 1.54) is 0 Å². The lowest BCUT2D eigenvalue weighted by Gasteiger charge is -2.32. The lowest BCUT2D eigenvalue weighted by molar-refractivity contribution is 0.329. The quantitative estimate of drug-likeness (QED) is 0.452. The topological polar surface area (TPSA) is 115 Å². The molecule has 0 radical (unpaired) electrons. The van der Waals surface area contributed by atoms with Crippen LogP contribution in [-0.2, 0) is 10.0 Å². The molecule has 2 N–H and O–H groups in total. The number of piperidine rings is 1. The number of nitrogens with zero attached hydrogens (tertiary/aromatic N) is 4. The molecule has 4 aromatic rings. The van der Waals surface area contributed by atoms with Gasteiger partial charge in [0.25, 0.3) is 0 Å². The number of pyridine rings is 2. The number of benzene rings is 1. The number of H-pyrrole nitrogens is 1. The molecule has 4 heterocycles. The van der Waals surface area contributed by atoms with Gasteiger partial charge in [0.15, 0.2) is 0 Å². The molecule has 0 spiro atoms. The molecule has 0 bridgehead atoms. The fourth-order valence-corrected chi connectivity index (χ4v) is 5.69. The molecule has 1 aromatic carbocycles. The third-order valence-corrected chi connectivity index (χ3v) is 8.11. The van der Waals surface area contributed by atoms with Crippen molar-refractivity contribution in [2.45, 2.75) is 30.7 Å². The summed E-state index contributed by atoms with van der Waals surface area (Å²) < 4.78 is 28.0. The first-order valence-corrected chi connectivity index (χ1v) is 12.5. The van der Waals surface area contributed by atoms with Crippen molar-refractivity contribution in [3.63, 3.8) is 0 Å². The first-order valence-electron chi connectivity index (χ1n) is 11.1. The number of nitrogens with one attached hydrogen (secondary N) is 2. The Morgan fingerprint density at radius 3 is 2.50 bits per heavy atom. The Morgan fingerprint density at radius 1 is 1.06 bits per heavy atom. The van der Waals surface area contributed by atoms with Crippen molar-refractivity contribution in [1.82, 2.24) is 19.3 Å². The van der Waals surface area contributed by atoms with Crippen LogP contribution in [0.5, 0.6) is 0 Å². The normalized spacial score (nSPS) is 15.3. The van der Waals surface area contributed by atoms with Crippen molar-refractivity contribution >= 4 is 26.9 Å². The Bertz CT molecular complexity index is 1460. The van der Waals surface area contributed by atoms with E-state index in [4.69, 9.17) is 0 Å². The van der Waals surface area contributed by atoms with Gasteiger partial charge in [-0.05, 0) is 55.2 Å². The van der Waals surface area contributed by atoms with Gasteiger partial charge in [-0.2, -0.15) is 9.57 Å². The summed E-state index contributed by atoms with van der Waals surface area (Å²) in [5.41, 5.74) is 3.94. The maximum atomic E-state index is 13.2. The van der Waals surface area contributed by atoms with Gasteiger partial charge < -0.3 is 10.3 Å². The predicted molar refractivity (Wildman–Crippen MR) is 131 cm³/mol. The van der Waals surface area contributed by atoms with Gasteiger partial charge in [-0.15, -0.1) is 0 Å². The molecule has 0 unspecified atom stereocenters. The summed E-state index contributed by atoms with van der Waals surface area (Å²) in [5, 5.41) is 13.4. The molecule has 172 valence electrons. The standard InChI is InChI=1S/C25H24N6O2S/c1-17-2-7-24(27-14-17)30-21-8-10-31(11-9-21)34(32,33)22-5-3-18(4-6-22)19-12-23-20(13-26)16-29-25(23)28-15-19/h2-7,12,14-16,21H,8-11H2,1H3,(H,27,30)(H,28,29). The highest BCUT2D eigenvalue weighted by molar-refractivity contribution is 7.89. The van der Waals surface area contributed by atoms with Crippen LogP contribution in [0.3, 0.4) is 0 Å². The summed E-state index contributed by atoms with van der Waals surface area (Å²) in [6, 6.07) is 15.0. The zero-order chi connectivity index (χ0) is 23.7. The molecule has 8 nitrogen and oxygen atoms in total. The second-order valence-corrected chi connectivity index (χ2v) is 10.4. The number of rotatable bonds is 5. The van der Waals surface area contributed by atoms with Crippen LogP contribution in [0.4, 0.5) is 5.82 Å². The number of hydrogen-bond donors (Lipinski definition) is 2. The summed E-state index contributed by atoms with van der Waals surface area (Å²) in [4.78, 5) is 12.0. The van der Waals surface area contributed by atoms with Crippen molar-refractivity contribution in [3.8, 4) is 17.2 Å². The smallest absolute Gasteiger partial charge is 0.243 e. The second-order valence-electron chi connectivity index (χ2n) is 8.50. The first kappa shape index (κ1) is 22.1. The van der Waals surface area contributed by atoms with E-state index in [1.807, 2.05) is 31.3 Å². The Balaban J connectivity index is 1.28. The van der Waals surface area contributed by atoms with Gasteiger partial charge in [-0.3, -0.25) is 0 Å². The molecule has 34 heavy (non-hydrogen) atoms. The molecule has 0 atom stereocenters. The average Bonchev–Trinajstić information content (AvgIpc) is 3.28. The Labute approximate surface area is 198 Å². The zero-order valence-electron chi connectivity index (χ0n) is 18.7. The second kappa shape index (κ2) is 8.89. The highest BCUT2D eigenvalue weighted by atomic mass is 32.2. The minimum Gasteiger partial charge on any atom is -0.367 e. The summed E-state index contributed by atoms with van der Waals surface area (Å²) in [6.45, 7) is 2.91. The third kappa shape index (κ3) is 4.25. The summed E-state index contributed by atoms with van der Waals surface area (Å²) >= 11 is 0. The number of anilines is 1. The highest BCUT2D eigenvalue weighted by Crippen LogP contribution is 2.27. The average molecular weight is 473 g/mol. The molecule has 0 amide bonds. The SMILES string of the molecule is Cc1ccc(NC2CCN(S(=O)(=O)c3ccc(-c4cnc5[nH]cc(C#N)c5c4)cc3)CC2)nc1. The fourth-order valence-electron chi connectivity index (χ4n) is 4.22. The lowest BCUT2D eigenvalue weighted by Crippen LogP contribution is -2.42. The van der Waals surface area contributed by atoms with Gasteiger partial charge in [0.2, 0.25) is 10.0 Å². The van der Waals surface area contributed by atoms with Gasteiger partial charge in [-0.1, -0.05) is 18.2 Å². The summed E-state index contributed by atoms with van der Waals surface area (Å²) in [7, 11) is -3.57. The van der Waals surface area contributed by atoms with Crippen molar-refractivity contribution in [3.05, 3.63) is 72.2 Å². The molecular formula is C25H24N6O2S. The van der Waals surface area contributed by atoms with E-state index in [0.29, 0.717) is 24.3 Å². The summed E-state index contributed by atoms with van der Waals surface area (Å²) in [6.07, 6.45) is 6.60. The van der Waals surface area contributed by atoms with Crippen LogP contribution in [-0.4, -0.2) is 46.8 Å². The number of hydrogen-bond acceptors (Lipinski definition) is 6. The monoisotopic (exact) mass is 472 g/mol. The molecule has 9 heteroatoms. The first-order chi connectivity index (χ1) is 16.4. The van der Waals surface area contributed by atoms with E-state index in [9.17, 15) is 13.7 Å².